The van der Waals surface area contributed by atoms with Crippen molar-refractivity contribution in [1.82, 2.24) is 0 Å². The Morgan fingerprint density at radius 1 is 0.963 bits per heavy atom. The second-order valence-corrected chi connectivity index (χ2v) is 11.6. The van der Waals surface area contributed by atoms with Crippen molar-refractivity contribution >= 4 is 5.97 Å². The van der Waals surface area contributed by atoms with Gasteiger partial charge < -0.3 is 9.47 Å². The van der Waals surface area contributed by atoms with Crippen LogP contribution in [0.2, 0.25) is 0 Å². The van der Waals surface area contributed by atoms with E-state index in [4.69, 9.17) is 9.47 Å². The minimum Gasteiger partial charge on any atom is -0.459 e. The second-order valence-electron chi connectivity index (χ2n) is 11.6. The van der Waals surface area contributed by atoms with Crippen molar-refractivity contribution in [3.8, 4) is 0 Å². The predicted molar refractivity (Wildman–Crippen MR) is 107 cm³/mol. The van der Waals surface area contributed by atoms with E-state index in [0.29, 0.717) is 17.8 Å². The molecular weight excluding hydrogens is 336 g/mol. The Kier molecular flexibility index (Phi) is 4.73. The van der Waals surface area contributed by atoms with Crippen LogP contribution in [0, 0.1) is 23.2 Å². The molecule has 5 aliphatic rings. The SMILES string of the molecule is CCC(C)(C)C(=O)OC12CC3CC(C1)CC(OC(C)(C)C1CCCC1)(C3)C2. The highest BCUT2D eigenvalue weighted by atomic mass is 16.6. The van der Waals surface area contributed by atoms with E-state index in [1.807, 2.05) is 13.8 Å². The number of rotatable bonds is 6. The van der Waals surface area contributed by atoms with E-state index >= 15 is 0 Å². The molecule has 0 radical (unpaired) electrons. The van der Waals surface area contributed by atoms with E-state index in [-0.39, 0.29) is 28.2 Å². The molecule has 0 aliphatic heterocycles. The van der Waals surface area contributed by atoms with E-state index in [1.54, 1.807) is 0 Å². The third kappa shape index (κ3) is 3.58. The Hall–Kier alpha value is -0.570. The molecule has 3 heteroatoms. The predicted octanol–water partition coefficient (Wildman–Crippen LogP) is 6.04. The number of esters is 1. The summed E-state index contributed by atoms with van der Waals surface area (Å²) in [4.78, 5) is 12.9. The van der Waals surface area contributed by atoms with Crippen LogP contribution in [0.15, 0.2) is 0 Å². The lowest BCUT2D eigenvalue weighted by atomic mass is 9.52. The number of carbonyl (C=O) groups excluding carboxylic acids is 1. The lowest BCUT2D eigenvalue weighted by Gasteiger charge is -2.62. The third-order valence-electron chi connectivity index (χ3n) is 8.52. The molecule has 5 aliphatic carbocycles. The lowest BCUT2D eigenvalue weighted by molar-refractivity contribution is -0.270. The fourth-order valence-corrected chi connectivity index (χ4v) is 7.08. The van der Waals surface area contributed by atoms with Crippen LogP contribution in [0.5, 0.6) is 0 Å². The quantitative estimate of drug-likeness (QED) is 0.530. The van der Waals surface area contributed by atoms with Crippen LogP contribution in [-0.4, -0.2) is 22.8 Å². The maximum atomic E-state index is 12.9. The van der Waals surface area contributed by atoms with Gasteiger partial charge in [0.25, 0.3) is 0 Å². The van der Waals surface area contributed by atoms with Gasteiger partial charge in [-0.3, -0.25) is 4.79 Å². The largest absolute Gasteiger partial charge is 0.459 e. The van der Waals surface area contributed by atoms with Crippen LogP contribution in [-0.2, 0) is 14.3 Å². The van der Waals surface area contributed by atoms with Gasteiger partial charge in [0.2, 0.25) is 0 Å². The molecule has 5 fully saturated rings. The van der Waals surface area contributed by atoms with E-state index < -0.39 is 0 Å². The van der Waals surface area contributed by atoms with Gasteiger partial charge >= 0.3 is 5.97 Å². The monoisotopic (exact) mass is 376 g/mol. The van der Waals surface area contributed by atoms with Crippen LogP contribution in [0.1, 0.15) is 105 Å². The summed E-state index contributed by atoms with van der Waals surface area (Å²) >= 11 is 0. The molecule has 3 nitrogen and oxygen atoms in total. The summed E-state index contributed by atoms with van der Waals surface area (Å²) in [5.74, 6) is 2.02. The number of hydrogen-bond acceptors (Lipinski definition) is 3. The van der Waals surface area contributed by atoms with Crippen molar-refractivity contribution < 1.29 is 14.3 Å². The molecule has 2 atom stereocenters. The molecule has 0 spiro atoms. The van der Waals surface area contributed by atoms with Gasteiger partial charge in [0, 0.05) is 6.42 Å². The third-order valence-corrected chi connectivity index (χ3v) is 8.52. The van der Waals surface area contributed by atoms with Crippen LogP contribution < -0.4 is 0 Å². The van der Waals surface area contributed by atoms with Gasteiger partial charge in [0.15, 0.2) is 0 Å². The van der Waals surface area contributed by atoms with Gasteiger partial charge in [-0.15, -0.1) is 0 Å². The van der Waals surface area contributed by atoms with Gasteiger partial charge in [0.1, 0.15) is 5.60 Å². The molecular formula is C24H40O3. The van der Waals surface area contributed by atoms with Gasteiger partial charge in [-0.1, -0.05) is 19.8 Å². The van der Waals surface area contributed by atoms with E-state index in [9.17, 15) is 4.79 Å². The van der Waals surface area contributed by atoms with Crippen molar-refractivity contribution in [1.29, 1.82) is 0 Å². The highest BCUT2D eigenvalue weighted by Crippen LogP contribution is 2.61. The van der Waals surface area contributed by atoms with Crippen LogP contribution >= 0.6 is 0 Å². The molecule has 2 unspecified atom stereocenters. The zero-order valence-corrected chi connectivity index (χ0v) is 18.2. The maximum Gasteiger partial charge on any atom is 0.312 e. The van der Waals surface area contributed by atoms with Gasteiger partial charge in [-0.2, -0.15) is 0 Å². The number of carbonyl (C=O) groups is 1. The summed E-state index contributed by atoms with van der Waals surface area (Å²) in [6.07, 6.45) is 12.8. The second kappa shape index (κ2) is 6.47. The minimum atomic E-state index is -0.388. The molecule has 5 saturated carbocycles. The zero-order valence-electron chi connectivity index (χ0n) is 18.2. The summed E-state index contributed by atoms with van der Waals surface area (Å²) in [6, 6.07) is 0. The first kappa shape index (κ1) is 19.7. The van der Waals surface area contributed by atoms with Gasteiger partial charge in [0.05, 0.1) is 16.6 Å². The summed E-state index contributed by atoms with van der Waals surface area (Å²) in [6.45, 7) is 10.8. The Bertz CT molecular complexity index is 570. The van der Waals surface area contributed by atoms with E-state index in [2.05, 4.69) is 20.8 Å². The average Bonchev–Trinajstić information content (AvgIpc) is 3.07. The smallest absolute Gasteiger partial charge is 0.312 e. The highest BCUT2D eigenvalue weighted by Gasteiger charge is 2.62. The molecule has 4 bridgehead atoms. The minimum absolute atomic E-state index is 0.00264. The fourth-order valence-electron chi connectivity index (χ4n) is 7.08. The summed E-state index contributed by atoms with van der Waals surface area (Å²) in [5, 5.41) is 0. The van der Waals surface area contributed by atoms with Crippen LogP contribution in [0.25, 0.3) is 0 Å². The van der Waals surface area contributed by atoms with Crippen LogP contribution in [0.3, 0.4) is 0 Å². The Labute approximate surface area is 165 Å². The van der Waals surface area contributed by atoms with Crippen molar-refractivity contribution in [2.24, 2.45) is 23.2 Å². The zero-order chi connectivity index (χ0) is 19.5. The van der Waals surface area contributed by atoms with E-state index in [0.717, 1.165) is 25.7 Å². The average molecular weight is 377 g/mol. The van der Waals surface area contributed by atoms with Crippen molar-refractivity contribution in [2.45, 2.75) is 122 Å². The van der Waals surface area contributed by atoms with E-state index in [1.165, 1.54) is 44.9 Å². The van der Waals surface area contributed by atoms with Crippen molar-refractivity contribution in [2.75, 3.05) is 0 Å². The Balaban J connectivity index is 1.54. The standard InChI is InChI=1S/C24H40O3/c1-6-21(2,3)20(25)26-23-12-17-11-18(13-23)15-24(14-17,16-23)27-22(4,5)19-9-7-8-10-19/h17-19H,6-16H2,1-5H3. The molecule has 0 saturated heterocycles. The fraction of sp³-hybridized carbons (Fsp3) is 0.958. The topological polar surface area (TPSA) is 35.5 Å². The van der Waals surface area contributed by atoms with Gasteiger partial charge in [-0.05, 0) is 96.8 Å². The normalized spacial score (nSPS) is 39.1. The molecule has 0 amide bonds. The Morgan fingerprint density at radius 3 is 2.07 bits per heavy atom. The van der Waals surface area contributed by atoms with Gasteiger partial charge in [-0.25, -0.2) is 0 Å². The number of hydrogen-bond donors (Lipinski definition) is 0. The molecule has 154 valence electrons. The Morgan fingerprint density at radius 2 is 1.52 bits per heavy atom. The molecule has 0 aromatic rings. The maximum absolute atomic E-state index is 12.9. The first-order valence-corrected chi connectivity index (χ1v) is 11.5. The summed E-state index contributed by atoms with van der Waals surface area (Å²) < 4.78 is 13.4. The molecule has 0 aromatic carbocycles. The van der Waals surface area contributed by atoms with Crippen molar-refractivity contribution in [3.63, 3.8) is 0 Å². The summed E-state index contributed by atoms with van der Waals surface area (Å²) in [5.41, 5.74) is -0.775. The molecule has 27 heavy (non-hydrogen) atoms. The lowest BCUT2D eigenvalue weighted by Crippen LogP contribution is -2.63. The van der Waals surface area contributed by atoms with Crippen molar-refractivity contribution in [3.05, 3.63) is 0 Å². The first-order chi connectivity index (χ1) is 12.6. The molecule has 0 heterocycles. The first-order valence-electron chi connectivity index (χ1n) is 11.5. The molecule has 0 N–H and O–H groups in total. The summed E-state index contributed by atoms with van der Waals surface area (Å²) in [7, 11) is 0. The highest BCUT2D eigenvalue weighted by molar-refractivity contribution is 5.76. The number of ether oxygens (including phenoxy) is 2. The molecule has 0 aromatic heterocycles. The van der Waals surface area contributed by atoms with Crippen LogP contribution in [0.4, 0.5) is 0 Å². The molecule has 5 rings (SSSR count).